The molecule has 94 valence electrons. The molecule has 0 fully saturated rings. The summed E-state index contributed by atoms with van der Waals surface area (Å²) in [5.74, 6) is -0.473. The zero-order chi connectivity index (χ0) is 12.9. The first-order valence-electron chi connectivity index (χ1n) is 5.29. The lowest BCUT2D eigenvalue weighted by atomic mass is 10.1. The van der Waals surface area contributed by atoms with Crippen LogP contribution in [-0.2, 0) is 9.47 Å². The van der Waals surface area contributed by atoms with Gasteiger partial charge in [0.05, 0.1) is 12.2 Å². The number of hydrogen-bond acceptors (Lipinski definition) is 4. The van der Waals surface area contributed by atoms with Crippen molar-refractivity contribution in [2.24, 2.45) is 0 Å². The van der Waals surface area contributed by atoms with Crippen LogP contribution in [0.1, 0.15) is 30.8 Å². The summed E-state index contributed by atoms with van der Waals surface area (Å²) in [5.41, 5.74) is -0.0880. The zero-order valence-electron chi connectivity index (χ0n) is 10.2. The van der Waals surface area contributed by atoms with Crippen molar-refractivity contribution in [2.45, 2.75) is 25.9 Å². The van der Waals surface area contributed by atoms with Crippen molar-refractivity contribution >= 4 is 17.6 Å². The van der Waals surface area contributed by atoms with Gasteiger partial charge in [-0.25, -0.2) is 9.78 Å². The van der Waals surface area contributed by atoms with Gasteiger partial charge in [0.1, 0.15) is 10.8 Å². The second-order valence-electron chi connectivity index (χ2n) is 4.20. The molecule has 0 saturated carbocycles. The van der Waals surface area contributed by atoms with Crippen molar-refractivity contribution in [1.29, 1.82) is 0 Å². The number of carbonyl (C=O) groups excluding carboxylic acids is 1. The molecule has 0 N–H and O–H groups in total. The van der Waals surface area contributed by atoms with Gasteiger partial charge in [-0.2, -0.15) is 0 Å². The molecule has 0 amide bonds. The van der Waals surface area contributed by atoms with Crippen LogP contribution in [0.5, 0.6) is 0 Å². The topological polar surface area (TPSA) is 48.4 Å². The van der Waals surface area contributed by atoms with Crippen molar-refractivity contribution in [3.63, 3.8) is 0 Å². The molecule has 0 unspecified atom stereocenters. The smallest absolute Gasteiger partial charge is 0.356 e. The average Bonchev–Trinajstić information content (AvgIpc) is 2.28. The summed E-state index contributed by atoms with van der Waals surface area (Å²) < 4.78 is 10.3. The number of hydrogen-bond donors (Lipinski definition) is 0. The van der Waals surface area contributed by atoms with E-state index in [1.54, 1.807) is 25.3 Å². The molecule has 1 heterocycles. The van der Waals surface area contributed by atoms with E-state index in [0.29, 0.717) is 6.42 Å². The maximum Gasteiger partial charge on any atom is 0.356 e. The van der Waals surface area contributed by atoms with E-state index in [0.717, 1.165) is 0 Å². The summed E-state index contributed by atoms with van der Waals surface area (Å²) in [6.07, 6.45) is 0.621. The molecule has 17 heavy (non-hydrogen) atoms. The summed E-state index contributed by atoms with van der Waals surface area (Å²) in [6.45, 7) is 4.14. The molecule has 0 saturated heterocycles. The standard InChI is InChI=1S/C12H16ClNO3/c1-12(2,16-3)7-8-17-11(15)9-5-4-6-10(13)14-9/h4-6H,7-8H2,1-3H3. The fourth-order valence-corrected chi connectivity index (χ4v) is 1.25. The molecule has 4 nitrogen and oxygen atoms in total. The third-order valence-electron chi connectivity index (χ3n) is 2.41. The van der Waals surface area contributed by atoms with Crippen molar-refractivity contribution in [3.8, 4) is 0 Å². The Morgan fingerprint density at radius 2 is 2.18 bits per heavy atom. The summed E-state index contributed by atoms with van der Waals surface area (Å²) in [7, 11) is 1.63. The van der Waals surface area contributed by atoms with Gasteiger partial charge in [0.25, 0.3) is 0 Å². The Morgan fingerprint density at radius 1 is 1.47 bits per heavy atom. The number of carbonyl (C=O) groups is 1. The summed E-state index contributed by atoms with van der Waals surface area (Å²) in [6, 6.07) is 4.83. The van der Waals surface area contributed by atoms with Gasteiger partial charge >= 0.3 is 5.97 Å². The minimum atomic E-state index is -0.473. The largest absolute Gasteiger partial charge is 0.461 e. The lowest BCUT2D eigenvalue weighted by Crippen LogP contribution is -2.25. The van der Waals surface area contributed by atoms with E-state index in [1.165, 1.54) is 0 Å². The number of aromatic nitrogens is 1. The summed E-state index contributed by atoms with van der Waals surface area (Å²) in [4.78, 5) is 15.5. The minimum absolute atomic E-state index is 0.215. The number of rotatable bonds is 5. The van der Waals surface area contributed by atoms with Gasteiger partial charge in [0.2, 0.25) is 0 Å². The highest BCUT2D eigenvalue weighted by Crippen LogP contribution is 2.13. The monoisotopic (exact) mass is 257 g/mol. The Morgan fingerprint density at radius 3 is 2.76 bits per heavy atom. The van der Waals surface area contributed by atoms with Crippen LogP contribution >= 0.6 is 11.6 Å². The van der Waals surface area contributed by atoms with Crippen LogP contribution in [0.3, 0.4) is 0 Å². The third-order valence-corrected chi connectivity index (χ3v) is 2.62. The van der Waals surface area contributed by atoms with Gasteiger partial charge in [-0.05, 0) is 26.0 Å². The van der Waals surface area contributed by atoms with Gasteiger partial charge in [0.15, 0.2) is 0 Å². The predicted molar refractivity (Wildman–Crippen MR) is 65.2 cm³/mol. The molecule has 1 aromatic heterocycles. The van der Waals surface area contributed by atoms with Gasteiger partial charge < -0.3 is 9.47 Å². The Balaban J connectivity index is 2.46. The van der Waals surface area contributed by atoms with Crippen molar-refractivity contribution in [1.82, 2.24) is 4.98 Å². The molecule has 5 heteroatoms. The van der Waals surface area contributed by atoms with Gasteiger partial charge in [-0.3, -0.25) is 0 Å². The fourth-order valence-electron chi connectivity index (χ4n) is 1.09. The molecular formula is C12H16ClNO3. The summed E-state index contributed by atoms with van der Waals surface area (Å²) >= 11 is 5.68. The van der Waals surface area contributed by atoms with Crippen LogP contribution in [0, 0.1) is 0 Å². The van der Waals surface area contributed by atoms with Crippen LogP contribution < -0.4 is 0 Å². The first kappa shape index (κ1) is 13.9. The molecule has 0 aliphatic carbocycles. The lowest BCUT2D eigenvalue weighted by molar-refractivity contribution is -0.00580. The van der Waals surface area contributed by atoms with Gasteiger partial charge in [-0.1, -0.05) is 17.7 Å². The van der Waals surface area contributed by atoms with Crippen molar-refractivity contribution in [3.05, 3.63) is 29.0 Å². The molecule has 0 spiro atoms. The molecular weight excluding hydrogens is 242 g/mol. The van der Waals surface area contributed by atoms with Gasteiger partial charge in [-0.15, -0.1) is 0 Å². The second kappa shape index (κ2) is 5.98. The second-order valence-corrected chi connectivity index (χ2v) is 4.58. The van der Waals surface area contributed by atoms with Crippen LogP contribution in [-0.4, -0.2) is 30.3 Å². The number of ether oxygens (including phenoxy) is 2. The number of methoxy groups -OCH3 is 1. The van der Waals surface area contributed by atoms with E-state index >= 15 is 0 Å². The molecule has 0 bridgehead atoms. The number of nitrogens with zero attached hydrogens (tertiary/aromatic N) is 1. The molecule has 0 aliphatic heterocycles. The highest BCUT2D eigenvalue weighted by atomic mass is 35.5. The lowest BCUT2D eigenvalue weighted by Gasteiger charge is -2.22. The van der Waals surface area contributed by atoms with Crippen molar-refractivity contribution < 1.29 is 14.3 Å². The first-order chi connectivity index (χ1) is 7.94. The van der Waals surface area contributed by atoms with Crippen LogP contribution in [0.15, 0.2) is 18.2 Å². The van der Waals surface area contributed by atoms with E-state index < -0.39 is 5.97 Å². The molecule has 0 aromatic carbocycles. The maximum atomic E-state index is 11.6. The van der Waals surface area contributed by atoms with E-state index in [1.807, 2.05) is 13.8 Å². The number of halogens is 1. The van der Waals surface area contributed by atoms with Crippen molar-refractivity contribution in [2.75, 3.05) is 13.7 Å². The van der Waals surface area contributed by atoms with E-state index in [9.17, 15) is 4.79 Å². The Kier molecular flexibility index (Phi) is 4.90. The zero-order valence-corrected chi connectivity index (χ0v) is 11.0. The Labute approximate surface area is 106 Å². The normalized spacial score (nSPS) is 11.3. The SMILES string of the molecule is COC(C)(C)CCOC(=O)c1cccc(Cl)n1. The molecule has 1 aromatic rings. The molecule has 0 radical (unpaired) electrons. The van der Waals surface area contributed by atoms with Crippen LogP contribution in [0.4, 0.5) is 0 Å². The van der Waals surface area contributed by atoms with Gasteiger partial charge in [0, 0.05) is 13.5 Å². The minimum Gasteiger partial charge on any atom is -0.461 e. The highest BCUT2D eigenvalue weighted by Gasteiger charge is 2.17. The predicted octanol–water partition coefficient (Wildman–Crippen LogP) is 2.71. The Hall–Kier alpha value is -1.13. The van der Waals surface area contributed by atoms with E-state index in [2.05, 4.69) is 4.98 Å². The molecule has 1 rings (SSSR count). The third kappa shape index (κ3) is 4.71. The summed E-state index contributed by atoms with van der Waals surface area (Å²) in [5, 5.41) is 0.275. The number of esters is 1. The first-order valence-corrected chi connectivity index (χ1v) is 5.67. The fraction of sp³-hybridized carbons (Fsp3) is 0.500. The molecule has 0 atom stereocenters. The molecule has 0 aliphatic rings. The van der Waals surface area contributed by atoms with E-state index in [4.69, 9.17) is 21.1 Å². The van der Waals surface area contributed by atoms with Crippen LogP contribution in [0.25, 0.3) is 0 Å². The van der Waals surface area contributed by atoms with E-state index in [-0.39, 0.29) is 23.1 Å². The maximum absolute atomic E-state index is 11.6. The Bertz CT molecular complexity index is 393. The van der Waals surface area contributed by atoms with Crippen LogP contribution in [0.2, 0.25) is 5.15 Å². The average molecular weight is 258 g/mol. The highest BCUT2D eigenvalue weighted by molar-refractivity contribution is 6.29. The number of pyridine rings is 1. The quantitative estimate of drug-likeness (QED) is 0.601.